The minimum absolute atomic E-state index is 0.0653. The lowest BCUT2D eigenvalue weighted by atomic mass is 9.77. The molecule has 0 bridgehead atoms. The van der Waals surface area contributed by atoms with E-state index in [4.69, 9.17) is 0 Å². The summed E-state index contributed by atoms with van der Waals surface area (Å²) in [5.41, 5.74) is 4.17. The second-order valence-corrected chi connectivity index (χ2v) is 7.54. The van der Waals surface area contributed by atoms with Crippen molar-refractivity contribution in [2.24, 2.45) is 22.1 Å². The minimum Gasteiger partial charge on any atom is -0.347 e. The molecule has 5 nitrogen and oxygen atoms in total. The van der Waals surface area contributed by atoms with Gasteiger partial charge >= 0.3 is 0 Å². The highest BCUT2D eigenvalue weighted by Gasteiger charge is 2.48. The first-order valence-electron chi connectivity index (χ1n) is 9.39. The molecule has 1 saturated heterocycles. The van der Waals surface area contributed by atoms with Gasteiger partial charge in [-0.25, -0.2) is 0 Å². The predicted octanol–water partition coefficient (Wildman–Crippen LogP) is 2.88. The Bertz CT molecular complexity index is 683. The molecule has 5 heteroatoms. The largest absolute Gasteiger partial charge is 0.347 e. The van der Waals surface area contributed by atoms with Crippen molar-refractivity contribution in [3.05, 3.63) is 35.2 Å². The van der Waals surface area contributed by atoms with Gasteiger partial charge in [0.05, 0.1) is 12.0 Å². The summed E-state index contributed by atoms with van der Waals surface area (Å²) in [4.78, 5) is 17.5. The van der Waals surface area contributed by atoms with E-state index >= 15 is 0 Å². The standard InChI is InChI=1S/C19H24N4O/c24-19-13-5-3-7-15-17(13)18-14(20-21-19)6-4-8-16(18)23(15)12-11-22-9-1-2-10-22/h3,5,7,13-14,17H,1-2,4,6,8-12H2. The van der Waals surface area contributed by atoms with E-state index in [0.29, 0.717) is 0 Å². The molecule has 3 heterocycles. The summed E-state index contributed by atoms with van der Waals surface area (Å²) in [5, 5.41) is 8.45. The van der Waals surface area contributed by atoms with Crippen molar-refractivity contribution < 1.29 is 4.79 Å². The molecule has 1 amide bonds. The van der Waals surface area contributed by atoms with E-state index < -0.39 is 0 Å². The molecule has 0 saturated carbocycles. The average molecular weight is 324 g/mol. The van der Waals surface area contributed by atoms with Gasteiger partial charge in [0.25, 0.3) is 5.91 Å². The molecular weight excluding hydrogens is 300 g/mol. The van der Waals surface area contributed by atoms with Crippen molar-refractivity contribution in [1.82, 2.24) is 9.80 Å². The summed E-state index contributed by atoms with van der Waals surface area (Å²) >= 11 is 0. The number of amides is 1. The van der Waals surface area contributed by atoms with Crippen molar-refractivity contribution in [2.45, 2.75) is 38.1 Å². The lowest BCUT2D eigenvalue weighted by Crippen LogP contribution is -2.33. The summed E-state index contributed by atoms with van der Waals surface area (Å²) < 4.78 is 0. The van der Waals surface area contributed by atoms with Gasteiger partial charge < -0.3 is 9.80 Å². The average Bonchev–Trinajstić information content (AvgIpc) is 3.20. The van der Waals surface area contributed by atoms with Gasteiger partial charge in [-0.15, -0.1) is 5.11 Å². The van der Waals surface area contributed by atoms with Crippen LogP contribution in [0.3, 0.4) is 0 Å². The second-order valence-electron chi connectivity index (χ2n) is 7.54. The zero-order valence-electron chi connectivity index (χ0n) is 14.0. The Kier molecular flexibility index (Phi) is 3.44. The maximum atomic E-state index is 12.4. The molecule has 2 aliphatic carbocycles. The molecule has 0 N–H and O–H groups in total. The van der Waals surface area contributed by atoms with Crippen LogP contribution in [-0.4, -0.2) is 47.9 Å². The molecule has 5 rings (SSSR count). The predicted molar refractivity (Wildman–Crippen MR) is 91.1 cm³/mol. The van der Waals surface area contributed by atoms with E-state index in [1.807, 2.05) is 12.2 Å². The maximum Gasteiger partial charge on any atom is 0.272 e. The van der Waals surface area contributed by atoms with Crippen molar-refractivity contribution >= 4 is 5.91 Å². The van der Waals surface area contributed by atoms with Gasteiger partial charge in [0.15, 0.2) is 0 Å². The topological polar surface area (TPSA) is 48.3 Å². The summed E-state index contributed by atoms with van der Waals surface area (Å²) in [5.74, 6) is -0.0143. The molecule has 24 heavy (non-hydrogen) atoms. The number of rotatable bonds is 3. The molecule has 3 unspecified atom stereocenters. The fraction of sp³-hybridized carbons (Fsp3) is 0.632. The number of carbonyl (C=O) groups excluding carboxylic acids is 1. The van der Waals surface area contributed by atoms with Crippen molar-refractivity contribution in [1.29, 1.82) is 0 Å². The number of allylic oxidation sites excluding steroid dienone is 4. The third-order valence-corrected chi connectivity index (χ3v) is 6.24. The molecule has 0 aromatic carbocycles. The fourth-order valence-corrected chi connectivity index (χ4v) is 5.12. The van der Waals surface area contributed by atoms with Crippen LogP contribution in [0.1, 0.15) is 32.1 Å². The molecule has 3 aliphatic heterocycles. The van der Waals surface area contributed by atoms with E-state index in [9.17, 15) is 4.79 Å². The zero-order chi connectivity index (χ0) is 16.1. The Hall–Kier alpha value is -1.75. The third-order valence-electron chi connectivity index (χ3n) is 6.24. The zero-order valence-corrected chi connectivity index (χ0v) is 14.0. The van der Waals surface area contributed by atoms with Gasteiger partial charge in [-0.1, -0.05) is 12.2 Å². The van der Waals surface area contributed by atoms with Crippen molar-refractivity contribution in [3.63, 3.8) is 0 Å². The second kappa shape index (κ2) is 5.66. The number of nitrogens with zero attached hydrogens (tertiary/aromatic N) is 4. The van der Waals surface area contributed by atoms with E-state index in [1.165, 1.54) is 42.9 Å². The van der Waals surface area contributed by atoms with Crippen LogP contribution in [0.5, 0.6) is 0 Å². The lowest BCUT2D eigenvalue weighted by molar-refractivity contribution is -0.121. The molecule has 0 radical (unpaired) electrons. The number of azo groups is 1. The van der Waals surface area contributed by atoms with Crippen LogP contribution >= 0.6 is 0 Å². The van der Waals surface area contributed by atoms with E-state index in [2.05, 4.69) is 26.1 Å². The minimum atomic E-state index is -0.140. The molecule has 0 spiro atoms. The number of hydrogen-bond acceptors (Lipinski definition) is 4. The van der Waals surface area contributed by atoms with Crippen LogP contribution in [0.15, 0.2) is 45.4 Å². The van der Waals surface area contributed by atoms with E-state index in [1.54, 1.807) is 0 Å². The molecule has 5 aliphatic rings. The summed E-state index contributed by atoms with van der Waals surface area (Å²) in [6.07, 6.45) is 12.3. The summed E-state index contributed by atoms with van der Waals surface area (Å²) in [6.45, 7) is 4.63. The highest BCUT2D eigenvalue weighted by molar-refractivity contribution is 5.83. The van der Waals surface area contributed by atoms with Gasteiger partial charge in [0.2, 0.25) is 0 Å². The van der Waals surface area contributed by atoms with Gasteiger partial charge in [-0.05, 0) is 56.8 Å². The fourth-order valence-electron chi connectivity index (χ4n) is 5.12. The molecule has 126 valence electrons. The molecule has 1 fully saturated rings. The van der Waals surface area contributed by atoms with Crippen LogP contribution in [0.2, 0.25) is 0 Å². The normalized spacial score (nSPS) is 34.7. The van der Waals surface area contributed by atoms with Crippen molar-refractivity contribution in [2.75, 3.05) is 26.2 Å². The Balaban J connectivity index is 1.50. The van der Waals surface area contributed by atoms with Gasteiger partial charge in [-0.3, -0.25) is 4.79 Å². The highest BCUT2D eigenvalue weighted by atomic mass is 16.2. The SMILES string of the molecule is O=C1N=NC2CCCC3=C2C2C(=CC=CC12)N3CCN1CCCC1. The first-order valence-corrected chi connectivity index (χ1v) is 9.39. The number of likely N-dealkylation sites (tertiary alicyclic amines) is 1. The Morgan fingerprint density at radius 3 is 2.92 bits per heavy atom. The van der Waals surface area contributed by atoms with Gasteiger partial charge in [-0.2, -0.15) is 5.11 Å². The Labute approximate surface area is 142 Å². The molecule has 0 aromatic rings. The van der Waals surface area contributed by atoms with Gasteiger partial charge in [0, 0.05) is 30.4 Å². The first-order chi connectivity index (χ1) is 11.8. The monoisotopic (exact) mass is 324 g/mol. The third kappa shape index (κ3) is 2.14. The molecular formula is C19H24N4O. The van der Waals surface area contributed by atoms with E-state index in [-0.39, 0.29) is 23.8 Å². The van der Waals surface area contributed by atoms with Crippen molar-refractivity contribution in [3.8, 4) is 0 Å². The first kappa shape index (κ1) is 14.6. The number of hydrogen-bond donors (Lipinski definition) is 0. The van der Waals surface area contributed by atoms with Crippen LogP contribution in [-0.2, 0) is 4.79 Å². The van der Waals surface area contributed by atoms with Crippen LogP contribution in [0, 0.1) is 11.8 Å². The maximum absolute atomic E-state index is 12.4. The molecule has 0 aromatic heterocycles. The molecule has 3 atom stereocenters. The summed E-state index contributed by atoms with van der Waals surface area (Å²) in [7, 11) is 0. The van der Waals surface area contributed by atoms with Crippen LogP contribution < -0.4 is 0 Å². The Morgan fingerprint density at radius 2 is 2.04 bits per heavy atom. The Morgan fingerprint density at radius 1 is 1.17 bits per heavy atom. The highest BCUT2D eigenvalue weighted by Crippen LogP contribution is 2.51. The quantitative estimate of drug-likeness (QED) is 0.802. The summed E-state index contributed by atoms with van der Waals surface area (Å²) in [6, 6.07) is 0.124. The smallest absolute Gasteiger partial charge is 0.272 e. The number of carbonyl (C=O) groups is 1. The van der Waals surface area contributed by atoms with E-state index in [0.717, 1.165) is 32.4 Å². The lowest BCUT2D eigenvalue weighted by Gasteiger charge is -2.30. The van der Waals surface area contributed by atoms with Crippen LogP contribution in [0.25, 0.3) is 0 Å². The van der Waals surface area contributed by atoms with Gasteiger partial charge in [0.1, 0.15) is 0 Å². The van der Waals surface area contributed by atoms with Crippen LogP contribution in [0.4, 0.5) is 0 Å².